The average molecular weight is 448 g/mol. The molecule has 1 unspecified atom stereocenters. The van der Waals surface area contributed by atoms with Gasteiger partial charge in [0.1, 0.15) is 16.9 Å². The molecule has 1 amide bonds. The van der Waals surface area contributed by atoms with E-state index in [1.165, 1.54) is 5.69 Å². The van der Waals surface area contributed by atoms with E-state index in [1.807, 2.05) is 24.1 Å². The van der Waals surface area contributed by atoms with E-state index in [0.29, 0.717) is 36.0 Å². The van der Waals surface area contributed by atoms with Crippen molar-refractivity contribution in [1.29, 1.82) is 0 Å². The molecule has 1 spiro atoms. The van der Waals surface area contributed by atoms with E-state index >= 15 is 0 Å². The van der Waals surface area contributed by atoms with E-state index in [9.17, 15) is 4.79 Å². The molecule has 0 N–H and O–H groups in total. The summed E-state index contributed by atoms with van der Waals surface area (Å²) in [6, 6.07) is 8.47. The molecule has 2 aliphatic rings. The summed E-state index contributed by atoms with van der Waals surface area (Å²) in [6.45, 7) is 10.7. The highest BCUT2D eigenvalue weighted by atomic mass is 16.5. The summed E-state index contributed by atoms with van der Waals surface area (Å²) in [5.74, 6) is 2.30. The van der Waals surface area contributed by atoms with Gasteiger partial charge in [0, 0.05) is 38.4 Å². The van der Waals surface area contributed by atoms with Crippen LogP contribution in [-0.2, 0) is 12.0 Å². The van der Waals surface area contributed by atoms with E-state index < -0.39 is 0 Å². The lowest BCUT2D eigenvalue weighted by molar-refractivity contribution is 0.0779. The molecule has 0 aromatic carbocycles. The predicted molar refractivity (Wildman–Crippen MR) is 128 cm³/mol. The molecular formula is C26H33N5O2. The van der Waals surface area contributed by atoms with Crippen molar-refractivity contribution >= 4 is 11.6 Å². The molecule has 5 rings (SSSR count). The molecule has 0 aliphatic carbocycles. The third-order valence-corrected chi connectivity index (χ3v) is 7.12. The first-order chi connectivity index (χ1) is 16.0. The van der Waals surface area contributed by atoms with Crippen LogP contribution in [0.25, 0.3) is 5.82 Å². The van der Waals surface area contributed by atoms with Crippen LogP contribution in [0, 0.1) is 12.8 Å². The van der Waals surface area contributed by atoms with E-state index in [0.717, 1.165) is 43.7 Å². The third kappa shape index (κ3) is 3.45. The Hall–Kier alpha value is -3.09. The maximum atomic E-state index is 13.7. The fourth-order valence-electron chi connectivity index (χ4n) is 5.46. The van der Waals surface area contributed by atoms with Gasteiger partial charge in [-0.05, 0) is 56.4 Å². The Morgan fingerprint density at radius 2 is 2.12 bits per heavy atom. The molecule has 1 saturated heterocycles. The van der Waals surface area contributed by atoms with Gasteiger partial charge >= 0.3 is 0 Å². The van der Waals surface area contributed by atoms with Crippen molar-refractivity contribution in [2.24, 2.45) is 5.92 Å². The molecule has 5 heterocycles. The molecule has 3 aromatic rings. The summed E-state index contributed by atoms with van der Waals surface area (Å²) in [7, 11) is 0. The Morgan fingerprint density at radius 1 is 1.27 bits per heavy atom. The number of amides is 1. The van der Waals surface area contributed by atoms with E-state index in [2.05, 4.69) is 59.8 Å². The molecule has 7 nitrogen and oxygen atoms in total. The number of aromatic nitrogens is 3. The molecule has 7 heteroatoms. The van der Waals surface area contributed by atoms with Crippen LogP contribution < -0.4 is 4.90 Å². The number of carbonyl (C=O) groups is 1. The molecule has 0 radical (unpaired) electrons. The molecule has 1 fully saturated rings. The first-order valence-electron chi connectivity index (χ1n) is 12.1. The highest BCUT2D eigenvalue weighted by Gasteiger charge is 2.51. The number of nitrogens with zero attached hydrogens (tertiary/aromatic N) is 5. The number of rotatable bonds is 6. The Balaban J connectivity index is 1.54. The van der Waals surface area contributed by atoms with Crippen LogP contribution in [0.2, 0.25) is 0 Å². The maximum Gasteiger partial charge on any atom is 0.259 e. The first kappa shape index (κ1) is 21.7. The fourth-order valence-corrected chi connectivity index (χ4v) is 5.46. The van der Waals surface area contributed by atoms with Gasteiger partial charge in [-0.15, -0.1) is 0 Å². The molecule has 0 bridgehead atoms. The molecule has 0 saturated carbocycles. The minimum absolute atomic E-state index is 0.0352. The second-order valence-corrected chi connectivity index (χ2v) is 9.77. The number of likely N-dealkylation sites (tertiary alicyclic amines) is 1. The first-order valence-corrected chi connectivity index (χ1v) is 12.1. The van der Waals surface area contributed by atoms with E-state index in [4.69, 9.17) is 9.51 Å². The van der Waals surface area contributed by atoms with Crippen molar-refractivity contribution in [2.75, 3.05) is 24.5 Å². The highest BCUT2D eigenvalue weighted by Crippen LogP contribution is 2.47. The van der Waals surface area contributed by atoms with Gasteiger partial charge in [-0.25, -0.2) is 4.98 Å². The van der Waals surface area contributed by atoms with E-state index in [1.54, 1.807) is 0 Å². The van der Waals surface area contributed by atoms with Crippen molar-refractivity contribution in [1.82, 2.24) is 19.6 Å². The topological polar surface area (TPSA) is 67.4 Å². The summed E-state index contributed by atoms with van der Waals surface area (Å²) < 4.78 is 7.72. The zero-order chi connectivity index (χ0) is 23.2. The Bertz CT molecular complexity index is 1160. The van der Waals surface area contributed by atoms with Gasteiger partial charge in [0.05, 0.1) is 17.1 Å². The largest absolute Gasteiger partial charge is 0.360 e. The summed E-state index contributed by atoms with van der Waals surface area (Å²) >= 11 is 0. The summed E-state index contributed by atoms with van der Waals surface area (Å²) in [4.78, 5) is 22.9. The number of carbonyl (C=O) groups excluding carboxylic acids is 1. The Morgan fingerprint density at radius 3 is 2.91 bits per heavy atom. The number of pyridine rings is 1. The van der Waals surface area contributed by atoms with Gasteiger partial charge in [-0.2, -0.15) is 0 Å². The van der Waals surface area contributed by atoms with Crippen molar-refractivity contribution in [2.45, 2.75) is 58.9 Å². The van der Waals surface area contributed by atoms with Gasteiger partial charge in [0.25, 0.3) is 5.91 Å². The van der Waals surface area contributed by atoms with Crippen LogP contribution in [0.3, 0.4) is 0 Å². The zero-order valence-corrected chi connectivity index (χ0v) is 20.0. The lowest BCUT2D eigenvalue weighted by Crippen LogP contribution is -2.53. The van der Waals surface area contributed by atoms with Crippen molar-refractivity contribution in [3.8, 4) is 5.82 Å². The minimum Gasteiger partial charge on any atom is -0.360 e. The molecule has 3 aromatic heterocycles. The summed E-state index contributed by atoms with van der Waals surface area (Å²) in [5.41, 5.74) is 3.41. The van der Waals surface area contributed by atoms with Gasteiger partial charge < -0.3 is 18.9 Å². The number of hydrogen-bond acceptors (Lipinski definition) is 5. The minimum atomic E-state index is -0.278. The smallest absolute Gasteiger partial charge is 0.259 e. The van der Waals surface area contributed by atoms with Crippen LogP contribution in [0.15, 0.2) is 41.2 Å². The van der Waals surface area contributed by atoms with Crippen LogP contribution in [0.1, 0.15) is 67.5 Å². The quantitative estimate of drug-likeness (QED) is 0.547. The monoisotopic (exact) mass is 447 g/mol. The second kappa shape index (κ2) is 8.36. The van der Waals surface area contributed by atoms with Gasteiger partial charge in [-0.3, -0.25) is 4.79 Å². The number of fused-ring (bicyclic) bond motifs is 4. The Labute approximate surface area is 195 Å². The van der Waals surface area contributed by atoms with Crippen LogP contribution in [-0.4, -0.2) is 45.1 Å². The Kier molecular flexibility index (Phi) is 5.51. The van der Waals surface area contributed by atoms with Crippen LogP contribution in [0.4, 0.5) is 5.69 Å². The van der Waals surface area contributed by atoms with Gasteiger partial charge in [0.15, 0.2) is 5.82 Å². The van der Waals surface area contributed by atoms with Crippen molar-refractivity contribution < 1.29 is 9.32 Å². The lowest BCUT2D eigenvalue weighted by Gasteiger charge is -2.47. The van der Waals surface area contributed by atoms with Crippen molar-refractivity contribution in [3.05, 3.63) is 59.4 Å². The second-order valence-electron chi connectivity index (χ2n) is 9.77. The van der Waals surface area contributed by atoms with Gasteiger partial charge in [-0.1, -0.05) is 25.9 Å². The standard InChI is InChI=1S/C26H33N5O2/c1-5-8-21-23(19(4)28-33-21)25(32)29-16-12-26(17-29)22-10-7-14-30(22)24-20(9-6-13-27-24)31(26)15-11-18(2)3/h6-7,9-10,13-14,18H,5,8,11-12,15-17H2,1-4H3. The number of aryl methyl sites for hydroxylation is 2. The van der Waals surface area contributed by atoms with Crippen LogP contribution in [0.5, 0.6) is 0 Å². The highest BCUT2D eigenvalue weighted by molar-refractivity contribution is 5.96. The number of hydrogen-bond donors (Lipinski definition) is 0. The van der Waals surface area contributed by atoms with Gasteiger partial charge in [0.2, 0.25) is 0 Å². The predicted octanol–water partition coefficient (Wildman–Crippen LogP) is 4.73. The normalized spacial score (nSPS) is 19.4. The number of anilines is 1. The molecule has 1 atom stereocenters. The molecule has 2 aliphatic heterocycles. The summed E-state index contributed by atoms with van der Waals surface area (Å²) in [5, 5.41) is 4.11. The molecular weight excluding hydrogens is 414 g/mol. The average Bonchev–Trinajstić information content (AvgIpc) is 3.53. The summed E-state index contributed by atoms with van der Waals surface area (Å²) in [6.07, 6.45) is 7.55. The maximum absolute atomic E-state index is 13.7. The lowest BCUT2D eigenvalue weighted by atomic mass is 9.88. The van der Waals surface area contributed by atoms with Crippen molar-refractivity contribution in [3.63, 3.8) is 0 Å². The fraction of sp³-hybridized carbons (Fsp3) is 0.500. The van der Waals surface area contributed by atoms with Crippen LogP contribution >= 0.6 is 0 Å². The SMILES string of the molecule is CCCc1onc(C)c1C(=O)N1CCC2(C1)c1cccn1-c1ncccc1N2CCC(C)C. The zero-order valence-electron chi connectivity index (χ0n) is 20.0. The third-order valence-electron chi connectivity index (χ3n) is 7.12. The van der Waals surface area contributed by atoms with E-state index in [-0.39, 0.29) is 11.4 Å². The molecule has 33 heavy (non-hydrogen) atoms. The molecule has 174 valence electrons.